The van der Waals surface area contributed by atoms with Gasteiger partial charge in [0.15, 0.2) is 0 Å². The van der Waals surface area contributed by atoms with Gasteiger partial charge < -0.3 is 15.1 Å². The van der Waals surface area contributed by atoms with Gasteiger partial charge in [0, 0.05) is 44.1 Å². The van der Waals surface area contributed by atoms with Gasteiger partial charge in [-0.15, -0.1) is 0 Å². The van der Waals surface area contributed by atoms with Gasteiger partial charge in [-0.2, -0.15) is 0 Å². The van der Waals surface area contributed by atoms with Crippen molar-refractivity contribution in [1.82, 2.24) is 9.97 Å². The normalized spacial score (nSPS) is 14.1. The van der Waals surface area contributed by atoms with Crippen LogP contribution >= 0.6 is 0 Å². The Bertz CT molecular complexity index is 740. The third-order valence-electron chi connectivity index (χ3n) is 4.97. The average molecular weight is 367 g/mol. The average Bonchev–Trinajstić information content (AvgIpc) is 2.73. The van der Waals surface area contributed by atoms with Crippen molar-refractivity contribution in [1.29, 1.82) is 0 Å². The van der Waals surface area contributed by atoms with Crippen LogP contribution in [-0.2, 0) is 0 Å². The Hall–Kier alpha value is -2.63. The van der Waals surface area contributed by atoms with Gasteiger partial charge in [0.25, 0.3) is 5.91 Å². The third-order valence-corrected chi connectivity index (χ3v) is 4.97. The van der Waals surface area contributed by atoms with Crippen LogP contribution in [0.5, 0.6) is 0 Å². The van der Waals surface area contributed by atoms with Gasteiger partial charge in [-0.05, 0) is 49.9 Å². The zero-order valence-corrected chi connectivity index (χ0v) is 16.3. The van der Waals surface area contributed by atoms with E-state index >= 15 is 0 Å². The minimum Gasteiger partial charge on any atom is -0.372 e. The summed E-state index contributed by atoms with van der Waals surface area (Å²) in [6, 6.07) is 9.80. The van der Waals surface area contributed by atoms with E-state index in [2.05, 4.69) is 44.1 Å². The maximum Gasteiger partial charge on any atom is 0.274 e. The Kier molecular flexibility index (Phi) is 6.63. The largest absolute Gasteiger partial charge is 0.372 e. The van der Waals surface area contributed by atoms with Crippen molar-refractivity contribution in [2.75, 3.05) is 41.8 Å². The molecule has 1 aliphatic heterocycles. The number of hydrogen-bond donors (Lipinski definition) is 1. The van der Waals surface area contributed by atoms with Crippen molar-refractivity contribution < 1.29 is 4.79 Å². The van der Waals surface area contributed by atoms with Gasteiger partial charge in [0.05, 0.1) is 0 Å². The van der Waals surface area contributed by atoms with Crippen LogP contribution in [0.3, 0.4) is 0 Å². The molecule has 1 fully saturated rings. The number of unbranched alkanes of at least 4 members (excludes halogenated alkanes) is 1. The van der Waals surface area contributed by atoms with Crippen LogP contribution in [0.25, 0.3) is 0 Å². The molecule has 0 unspecified atom stereocenters. The molecule has 0 bridgehead atoms. The molecule has 6 nitrogen and oxygen atoms in total. The number of hydrogen-bond acceptors (Lipinski definition) is 5. The summed E-state index contributed by atoms with van der Waals surface area (Å²) in [7, 11) is 1.99. The van der Waals surface area contributed by atoms with Crippen LogP contribution in [0.1, 0.15) is 49.5 Å². The van der Waals surface area contributed by atoms with E-state index in [0.717, 1.165) is 44.0 Å². The molecule has 0 aliphatic carbocycles. The maximum absolute atomic E-state index is 12.6. The smallest absolute Gasteiger partial charge is 0.274 e. The molecule has 0 spiro atoms. The fraction of sp³-hybridized carbons (Fsp3) is 0.476. The number of rotatable bonds is 7. The van der Waals surface area contributed by atoms with Crippen molar-refractivity contribution in [2.24, 2.45) is 0 Å². The van der Waals surface area contributed by atoms with Crippen molar-refractivity contribution in [2.45, 2.75) is 39.0 Å². The van der Waals surface area contributed by atoms with E-state index in [-0.39, 0.29) is 5.91 Å². The highest BCUT2D eigenvalue weighted by atomic mass is 16.1. The molecule has 1 aromatic carbocycles. The van der Waals surface area contributed by atoms with Gasteiger partial charge in [0.1, 0.15) is 17.8 Å². The van der Waals surface area contributed by atoms with E-state index in [1.165, 1.54) is 31.3 Å². The summed E-state index contributed by atoms with van der Waals surface area (Å²) in [5, 5.41) is 2.93. The van der Waals surface area contributed by atoms with Gasteiger partial charge >= 0.3 is 0 Å². The second kappa shape index (κ2) is 9.35. The zero-order valence-electron chi connectivity index (χ0n) is 16.3. The zero-order chi connectivity index (χ0) is 19.1. The van der Waals surface area contributed by atoms with Crippen LogP contribution < -0.4 is 15.1 Å². The number of nitrogens with one attached hydrogen (secondary N) is 1. The summed E-state index contributed by atoms with van der Waals surface area (Å²) in [4.78, 5) is 25.4. The number of nitrogens with zero attached hydrogens (tertiary/aromatic N) is 4. The molecule has 6 heteroatoms. The fourth-order valence-electron chi connectivity index (χ4n) is 3.29. The molecule has 27 heavy (non-hydrogen) atoms. The van der Waals surface area contributed by atoms with E-state index in [1.807, 2.05) is 19.2 Å². The molecule has 1 aromatic heterocycles. The summed E-state index contributed by atoms with van der Waals surface area (Å²) in [6.45, 7) is 5.29. The van der Waals surface area contributed by atoms with E-state index < -0.39 is 0 Å². The van der Waals surface area contributed by atoms with E-state index in [1.54, 1.807) is 6.07 Å². The van der Waals surface area contributed by atoms with Gasteiger partial charge in [-0.3, -0.25) is 4.79 Å². The molecule has 2 aromatic rings. The van der Waals surface area contributed by atoms with Gasteiger partial charge in [0.2, 0.25) is 0 Å². The number of benzene rings is 1. The third kappa shape index (κ3) is 5.18. The first-order chi connectivity index (χ1) is 13.2. The molecule has 0 radical (unpaired) electrons. The molecule has 1 saturated heterocycles. The molecule has 0 saturated carbocycles. The SMILES string of the molecule is CCCCN(C)c1cc(C(=O)Nc2ccc(N3CCCCC3)cc2)ncn1. The topological polar surface area (TPSA) is 61.4 Å². The second-order valence-corrected chi connectivity index (χ2v) is 7.09. The molecule has 3 rings (SSSR count). The number of carbonyl (C=O) groups excluding carboxylic acids is 1. The lowest BCUT2D eigenvalue weighted by Gasteiger charge is -2.28. The quantitative estimate of drug-likeness (QED) is 0.803. The lowest BCUT2D eigenvalue weighted by Crippen LogP contribution is -2.29. The van der Waals surface area contributed by atoms with Crippen molar-refractivity contribution in [3.05, 3.63) is 42.4 Å². The van der Waals surface area contributed by atoms with Crippen molar-refractivity contribution in [3.63, 3.8) is 0 Å². The molecule has 1 N–H and O–H groups in total. The first kappa shape index (κ1) is 19.1. The maximum atomic E-state index is 12.6. The summed E-state index contributed by atoms with van der Waals surface area (Å²) in [5.41, 5.74) is 2.37. The number of amides is 1. The Labute approximate surface area is 161 Å². The predicted molar refractivity (Wildman–Crippen MR) is 111 cm³/mol. The van der Waals surface area contributed by atoms with Crippen molar-refractivity contribution >= 4 is 23.1 Å². The second-order valence-electron chi connectivity index (χ2n) is 7.09. The minimum absolute atomic E-state index is 0.215. The number of anilines is 3. The van der Waals surface area contributed by atoms with Gasteiger partial charge in [-0.25, -0.2) is 9.97 Å². The summed E-state index contributed by atoms with van der Waals surface area (Å²) in [6.07, 6.45) is 7.48. The highest BCUT2D eigenvalue weighted by molar-refractivity contribution is 6.03. The molecule has 144 valence electrons. The standard InChI is InChI=1S/C21H29N5O/c1-3-4-12-25(2)20-15-19(22-16-23-20)21(27)24-17-8-10-18(11-9-17)26-13-6-5-7-14-26/h8-11,15-16H,3-7,12-14H2,1-2H3,(H,24,27). The van der Waals surface area contributed by atoms with E-state index in [0.29, 0.717) is 5.69 Å². The fourth-order valence-corrected chi connectivity index (χ4v) is 3.29. The Morgan fingerprint density at radius 2 is 1.89 bits per heavy atom. The van der Waals surface area contributed by atoms with E-state index in [4.69, 9.17) is 0 Å². The highest BCUT2D eigenvalue weighted by Crippen LogP contribution is 2.22. The Balaban J connectivity index is 1.63. The van der Waals surface area contributed by atoms with Gasteiger partial charge in [-0.1, -0.05) is 13.3 Å². The number of carbonyl (C=O) groups is 1. The Morgan fingerprint density at radius 3 is 2.59 bits per heavy atom. The van der Waals surface area contributed by atoms with E-state index in [9.17, 15) is 4.79 Å². The van der Waals surface area contributed by atoms with Crippen LogP contribution in [0.2, 0.25) is 0 Å². The molecule has 0 atom stereocenters. The first-order valence-corrected chi connectivity index (χ1v) is 9.87. The number of aromatic nitrogens is 2. The monoisotopic (exact) mass is 367 g/mol. The minimum atomic E-state index is -0.215. The van der Waals surface area contributed by atoms with Crippen LogP contribution in [0, 0.1) is 0 Å². The predicted octanol–water partition coefficient (Wildman–Crippen LogP) is 3.96. The van der Waals surface area contributed by atoms with Crippen LogP contribution in [-0.4, -0.2) is 42.6 Å². The summed E-state index contributed by atoms with van der Waals surface area (Å²) in [5.74, 6) is 0.553. The summed E-state index contributed by atoms with van der Waals surface area (Å²) < 4.78 is 0. The number of piperidine rings is 1. The first-order valence-electron chi connectivity index (χ1n) is 9.87. The van der Waals surface area contributed by atoms with Crippen molar-refractivity contribution in [3.8, 4) is 0 Å². The highest BCUT2D eigenvalue weighted by Gasteiger charge is 2.13. The van der Waals surface area contributed by atoms with Crippen LogP contribution in [0.15, 0.2) is 36.7 Å². The van der Waals surface area contributed by atoms with Crippen LogP contribution in [0.4, 0.5) is 17.2 Å². The lowest BCUT2D eigenvalue weighted by molar-refractivity contribution is 0.102. The molecule has 1 aliphatic rings. The summed E-state index contributed by atoms with van der Waals surface area (Å²) >= 11 is 0. The Morgan fingerprint density at radius 1 is 1.15 bits per heavy atom. The molecular weight excluding hydrogens is 338 g/mol. The molecular formula is C21H29N5O. The molecule has 2 heterocycles. The molecule has 1 amide bonds. The lowest BCUT2D eigenvalue weighted by atomic mass is 10.1.